The lowest BCUT2D eigenvalue weighted by atomic mass is 10.0. The number of amides is 3. The minimum Gasteiger partial charge on any atom is -0.352 e. The van der Waals surface area contributed by atoms with Crippen molar-refractivity contribution in [2.24, 2.45) is 5.92 Å². The Morgan fingerprint density at radius 3 is 2.68 bits per heavy atom. The summed E-state index contributed by atoms with van der Waals surface area (Å²) in [5, 5.41) is 5.88. The highest BCUT2D eigenvalue weighted by molar-refractivity contribution is 5.96. The molecule has 4 rings (SSSR count). The number of carbonyl (C=O) groups excluding carboxylic acids is 2. The van der Waals surface area contributed by atoms with Crippen molar-refractivity contribution in [2.75, 3.05) is 11.4 Å². The molecule has 1 aromatic heterocycles. The van der Waals surface area contributed by atoms with Gasteiger partial charge in [-0.3, -0.25) is 9.69 Å². The Bertz CT molecular complexity index is 824. The molecule has 0 radical (unpaired) electrons. The van der Waals surface area contributed by atoms with Crippen molar-refractivity contribution < 1.29 is 9.59 Å². The fraction of sp³-hybridized carbons (Fsp3) is 0.500. The van der Waals surface area contributed by atoms with Crippen LogP contribution in [-0.2, 0) is 11.3 Å². The average molecular weight is 341 g/mol. The summed E-state index contributed by atoms with van der Waals surface area (Å²) in [6.45, 7) is 5.16. The summed E-state index contributed by atoms with van der Waals surface area (Å²) in [5.74, 6) is 0.562. The van der Waals surface area contributed by atoms with Crippen molar-refractivity contribution in [2.45, 2.75) is 45.3 Å². The lowest BCUT2D eigenvalue weighted by Crippen LogP contribution is -2.53. The third kappa shape index (κ3) is 2.94. The number of nitrogens with zero attached hydrogens (tertiary/aromatic N) is 3. The van der Waals surface area contributed by atoms with Crippen LogP contribution in [-0.4, -0.2) is 40.1 Å². The molecule has 1 unspecified atom stereocenters. The Balaban J connectivity index is 1.52. The number of hydrogen-bond donors (Lipinski definition) is 2. The van der Waals surface area contributed by atoms with Crippen LogP contribution in [0.15, 0.2) is 24.3 Å². The van der Waals surface area contributed by atoms with E-state index >= 15 is 0 Å². The molecular formula is C18H23N5O2. The Kier molecular flexibility index (Phi) is 3.86. The predicted molar refractivity (Wildman–Crippen MR) is 95.4 cm³/mol. The minimum atomic E-state index is -0.536. The second kappa shape index (κ2) is 6.06. The molecule has 2 aliphatic rings. The van der Waals surface area contributed by atoms with Gasteiger partial charge in [-0.05, 0) is 30.9 Å². The highest BCUT2D eigenvalue weighted by Gasteiger charge is 2.34. The van der Waals surface area contributed by atoms with Gasteiger partial charge in [-0.1, -0.05) is 26.0 Å². The van der Waals surface area contributed by atoms with Crippen LogP contribution in [0.2, 0.25) is 0 Å². The first-order valence-electron chi connectivity index (χ1n) is 8.88. The molecule has 3 amide bonds. The van der Waals surface area contributed by atoms with Gasteiger partial charge in [0, 0.05) is 19.1 Å². The number of para-hydroxylation sites is 2. The number of rotatable bonds is 4. The van der Waals surface area contributed by atoms with Gasteiger partial charge in [0.1, 0.15) is 6.04 Å². The largest absolute Gasteiger partial charge is 0.352 e. The summed E-state index contributed by atoms with van der Waals surface area (Å²) in [6.07, 6.45) is 2.06. The van der Waals surface area contributed by atoms with Crippen molar-refractivity contribution >= 4 is 28.9 Å². The minimum absolute atomic E-state index is 0.0177. The van der Waals surface area contributed by atoms with Crippen LogP contribution in [0.1, 0.15) is 26.7 Å². The average Bonchev–Trinajstić information content (AvgIpc) is 3.17. The molecule has 1 aromatic carbocycles. The van der Waals surface area contributed by atoms with Gasteiger partial charge in [-0.2, -0.15) is 0 Å². The lowest BCUT2D eigenvalue weighted by molar-refractivity contribution is -0.124. The van der Waals surface area contributed by atoms with E-state index in [0.717, 1.165) is 23.9 Å². The van der Waals surface area contributed by atoms with E-state index in [9.17, 15) is 9.59 Å². The van der Waals surface area contributed by atoms with E-state index in [0.29, 0.717) is 19.0 Å². The van der Waals surface area contributed by atoms with E-state index in [2.05, 4.69) is 15.6 Å². The fourth-order valence-corrected chi connectivity index (χ4v) is 3.25. The van der Waals surface area contributed by atoms with E-state index in [-0.39, 0.29) is 23.9 Å². The number of aromatic nitrogens is 2. The molecule has 1 fully saturated rings. The van der Waals surface area contributed by atoms with Gasteiger partial charge in [-0.15, -0.1) is 0 Å². The van der Waals surface area contributed by atoms with Crippen LogP contribution in [0.25, 0.3) is 11.0 Å². The number of anilines is 1. The first-order valence-corrected chi connectivity index (χ1v) is 8.88. The number of fused-ring (bicyclic) bond motifs is 3. The summed E-state index contributed by atoms with van der Waals surface area (Å²) in [6, 6.07) is 7.33. The molecule has 1 atom stereocenters. The molecule has 7 heteroatoms. The van der Waals surface area contributed by atoms with Gasteiger partial charge >= 0.3 is 6.03 Å². The molecule has 0 bridgehead atoms. The number of benzene rings is 1. The molecule has 25 heavy (non-hydrogen) atoms. The zero-order valence-electron chi connectivity index (χ0n) is 14.5. The Morgan fingerprint density at radius 2 is 1.96 bits per heavy atom. The molecule has 1 aliphatic heterocycles. The maximum absolute atomic E-state index is 12.8. The second-order valence-corrected chi connectivity index (χ2v) is 7.16. The lowest BCUT2D eigenvalue weighted by Gasteiger charge is -2.24. The topological polar surface area (TPSA) is 79.3 Å². The van der Waals surface area contributed by atoms with Gasteiger partial charge < -0.3 is 15.2 Å². The van der Waals surface area contributed by atoms with Crippen molar-refractivity contribution in [3.63, 3.8) is 0 Å². The summed E-state index contributed by atoms with van der Waals surface area (Å²) in [4.78, 5) is 31.4. The van der Waals surface area contributed by atoms with Crippen LogP contribution in [0.5, 0.6) is 0 Å². The third-order valence-corrected chi connectivity index (χ3v) is 4.82. The van der Waals surface area contributed by atoms with Gasteiger partial charge in [0.25, 0.3) is 0 Å². The van der Waals surface area contributed by atoms with Crippen LogP contribution in [0, 0.1) is 5.92 Å². The molecule has 0 spiro atoms. The van der Waals surface area contributed by atoms with Crippen molar-refractivity contribution in [3.05, 3.63) is 24.3 Å². The summed E-state index contributed by atoms with van der Waals surface area (Å²) < 4.78 is 2.05. The molecule has 2 heterocycles. The van der Waals surface area contributed by atoms with Gasteiger partial charge in [0.2, 0.25) is 11.9 Å². The number of carbonyl (C=O) groups is 2. The third-order valence-electron chi connectivity index (χ3n) is 4.82. The fourth-order valence-electron chi connectivity index (χ4n) is 3.25. The second-order valence-electron chi connectivity index (χ2n) is 7.16. The van der Waals surface area contributed by atoms with Crippen LogP contribution >= 0.6 is 0 Å². The Hall–Kier alpha value is -2.57. The van der Waals surface area contributed by atoms with Crippen molar-refractivity contribution in [3.8, 4) is 0 Å². The smallest absolute Gasteiger partial charge is 0.324 e. The molecule has 2 aromatic rings. The van der Waals surface area contributed by atoms with E-state index in [4.69, 9.17) is 0 Å². The number of imidazole rings is 1. The van der Waals surface area contributed by atoms with Gasteiger partial charge in [0.15, 0.2) is 0 Å². The zero-order chi connectivity index (χ0) is 17.6. The quantitative estimate of drug-likeness (QED) is 0.891. The highest BCUT2D eigenvalue weighted by atomic mass is 16.2. The van der Waals surface area contributed by atoms with Crippen LogP contribution in [0.4, 0.5) is 10.7 Å². The first-order chi connectivity index (χ1) is 12.0. The van der Waals surface area contributed by atoms with E-state index in [1.165, 1.54) is 0 Å². The molecular weight excluding hydrogens is 318 g/mol. The van der Waals surface area contributed by atoms with E-state index in [1.807, 2.05) is 42.7 Å². The number of hydrogen-bond acceptors (Lipinski definition) is 3. The van der Waals surface area contributed by atoms with Crippen LogP contribution in [0.3, 0.4) is 0 Å². The van der Waals surface area contributed by atoms with Gasteiger partial charge in [0.05, 0.1) is 11.0 Å². The SMILES string of the molecule is CC(C)C(NC(=O)N1CCn2c1nc1ccccc12)C(=O)NC1CC1. The van der Waals surface area contributed by atoms with E-state index in [1.54, 1.807) is 4.90 Å². The summed E-state index contributed by atoms with van der Waals surface area (Å²) in [7, 11) is 0. The Morgan fingerprint density at radius 1 is 1.20 bits per heavy atom. The molecule has 1 saturated carbocycles. The Labute approximate surface area is 146 Å². The molecule has 2 N–H and O–H groups in total. The normalized spacial score (nSPS) is 17.6. The standard InChI is InChI=1S/C18H23N5O2/c1-11(2)15(16(24)19-12-7-8-12)21-18(25)23-10-9-22-14-6-4-3-5-13(14)20-17(22)23/h3-6,11-12,15H,7-10H2,1-2H3,(H,19,24)(H,21,25). The monoisotopic (exact) mass is 341 g/mol. The van der Waals surface area contributed by atoms with Crippen molar-refractivity contribution in [1.29, 1.82) is 0 Å². The van der Waals surface area contributed by atoms with E-state index < -0.39 is 6.04 Å². The summed E-state index contributed by atoms with van der Waals surface area (Å²) in [5.41, 5.74) is 1.90. The number of nitrogens with one attached hydrogen (secondary N) is 2. The highest BCUT2D eigenvalue weighted by Crippen LogP contribution is 2.27. The molecule has 132 valence electrons. The van der Waals surface area contributed by atoms with Crippen LogP contribution < -0.4 is 15.5 Å². The maximum atomic E-state index is 12.8. The number of urea groups is 1. The molecule has 0 saturated heterocycles. The molecule has 7 nitrogen and oxygen atoms in total. The molecule has 1 aliphatic carbocycles. The summed E-state index contributed by atoms with van der Waals surface area (Å²) >= 11 is 0. The first kappa shape index (κ1) is 15.9. The van der Waals surface area contributed by atoms with Crippen molar-refractivity contribution in [1.82, 2.24) is 20.2 Å². The van der Waals surface area contributed by atoms with Gasteiger partial charge in [-0.25, -0.2) is 9.78 Å². The predicted octanol–water partition coefficient (Wildman–Crippen LogP) is 1.87. The zero-order valence-corrected chi connectivity index (χ0v) is 14.5. The maximum Gasteiger partial charge on any atom is 0.324 e.